The molecule has 3 aromatic rings. The number of hydrogen-bond donors (Lipinski definition) is 0. The minimum atomic E-state index is -0.429. The molecule has 7 heteroatoms. The van der Waals surface area contributed by atoms with Crippen LogP contribution in [-0.2, 0) is 24.4 Å². The molecule has 1 heterocycles. The molecule has 0 unspecified atom stereocenters. The van der Waals surface area contributed by atoms with E-state index in [1.165, 1.54) is 17.0 Å². The van der Waals surface area contributed by atoms with E-state index in [0.717, 1.165) is 11.1 Å². The van der Waals surface area contributed by atoms with Crippen LogP contribution in [0.15, 0.2) is 60.8 Å². The zero-order valence-corrected chi connectivity index (χ0v) is 14.4. The van der Waals surface area contributed by atoms with Crippen molar-refractivity contribution in [3.63, 3.8) is 0 Å². The summed E-state index contributed by atoms with van der Waals surface area (Å²) < 4.78 is 19.8. The van der Waals surface area contributed by atoms with Gasteiger partial charge in [-0.1, -0.05) is 47.7 Å². The first-order valence-corrected chi connectivity index (χ1v) is 8.15. The molecule has 6 nitrogen and oxygen atoms in total. The van der Waals surface area contributed by atoms with E-state index in [9.17, 15) is 9.18 Å². The van der Waals surface area contributed by atoms with E-state index in [-0.39, 0.29) is 12.4 Å². The van der Waals surface area contributed by atoms with Crippen molar-refractivity contribution in [1.29, 1.82) is 0 Å². The Hall–Kier alpha value is -3.22. The van der Waals surface area contributed by atoms with E-state index in [0.29, 0.717) is 18.8 Å². The normalized spacial score (nSPS) is 10.5. The molecule has 0 fully saturated rings. The lowest BCUT2D eigenvalue weighted by Gasteiger charge is -2.16. The molecule has 0 bridgehead atoms. The molecule has 0 saturated carbocycles. The van der Waals surface area contributed by atoms with Crippen molar-refractivity contribution >= 4 is 6.09 Å². The Kier molecular flexibility index (Phi) is 5.58. The molecule has 3 rings (SSSR count). The number of carbonyl (C=O) groups excluding carboxylic acids is 1. The van der Waals surface area contributed by atoms with E-state index in [4.69, 9.17) is 4.74 Å². The second-order valence-corrected chi connectivity index (χ2v) is 5.93. The van der Waals surface area contributed by atoms with Crippen molar-refractivity contribution < 1.29 is 13.9 Å². The van der Waals surface area contributed by atoms with Crippen molar-refractivity contribution in [2.24, 2.45) is 0 Å². The second-order valence-electron chi connectivity index (χ2n) is 5.93. The van der Waals surface area contributed by atoms with Crippen LogP contribution in [0.2, 0.25) is 0 Å². The van der Waals surface area contributed by atoms with Crippen LogP contribution in [0.1, 0.15) is 16.8 Å². The predicted molar refractivity (Wildman–Crippen MR) is 93.6 cm³/mol. The van der Waals surface area contributed by atoms with Gasteiger partial charge in [0.05, 0.1) is 12.7 Å². The molecule has 134 valence electrons. The predicted octanol–water partition coefficient (Wildman–Crippen LogP) is 3.23. The number of hydrogen-bond acceptors (Lipinski definition) is 4. The van der Waals surface area contributed by atoms with E-state index in [2.05, 4.69) is 10.3 Å². The van der Waals surface area contributed by atoms with E-state index in [1.807, 2.05) is 30.3 Å². The van der Waals surface area contributed by atoms with Gasteiger partial charge in [0.2, 0.25) is 0 Å². The van der Waals surface area contributed by atoms with Crippen LogP contribution in [0, 0.1) is 5.82 Å². The molecule has 26 heavy (non-hydrogen) atoms. The SMILES string of the molecule is CN(Cc1ccccc1)C(=O)OCc1cn(Cc2ccc(F)cc2)nn1. The van der Waals surface area contributed by atoms with E-state index < -0.39 is 6.09 Å². The number of rotatable bonds is 6. The number of halogens is 1. The summed E-state index contributed by atoms with van der Waals surface area (Å²) in [6.07, 6.45) is 1.27. The number of nitrogens with zero attached hydrogens (tertiary/aromatic N) is 4. The highest BCUT2D eigenvalue weighted by Crippen LogP contribution is 2.07. The lowest BCUT2D eigenvalue weighted by atomic mass is 10.2. The largest absolute Gasteiger partial charge is 0.443 e. The van der Waals surface area contributed by atoms with Crippen LogP contribution < -0.4 is 0 Å². The van der Waals surface area contributed by atoms with Crippen molar-refractivity contribution in [1.82, 2.24) is 19.9 Å². The second kappa shape index (κ2) is 8.24. The van der Waals surface area contributed by atoms with Crippen LogP contribution in [-0.4, -0.2) is 33.0 Å². The first-order valence-electron chi connectivity index (χ1n) is 8.15. The molecule has 1 aromatic heterocycles. The zero-order chi connectivity index (χ0) is 18.4. The summed E-state index contributed by atoms with van der Waals surface area (Å²) >= 11 is 0. The number of amides is 1. The van der Waals surface area contributed by atoms with Gasteiger partial charge in [0.25, 0.3) is 0 Å². The fourth-order valence-electron chi connectivity index (χ4n) is 2.43. The van der Waals surface area contributed by atoms with Gasteiger partial charge in [-0.3, -0.25) is 0 Å². The van der Waals surface area contributed by atoms with Gasteiger partial charge >= 0.3 is 6.09 Å². The Morgan fingerprint density at radius 1 is 1.12 bits per heavy atom. The highest BCUT2D eigenvalue weighted by molar-refractivity contribution is 5.67. The highest BCUT2D eigenvalue weighted by atomic mass is 19.1. The highest BCUT2D eigenvalue weighted by Gasteiger charge is 2.12. The van der Waals surface area contributed by atoms with Crippen molar-refractivity contribution in [2.75, 3.05) is 7.05 Å². The first kappa shape index (κ1) is 17.6. The monoisotopic (exact) mass is 354 g/mol. The molecule has 2 aromatic carbocycles. The van der Waals surface area contributed by atoms with Crippen LogP contribution in [0.5, 0.6) is 0 Å². The van der Waals surface area contributed by atoms with Gasteiger partial charge in [-0.05, 0) is 23.3 Å². The van der Waals surface area contributed by atoms with Crippen LogP contribution in [0.3, 0.4) is 0 Å². The average molecular weight is 354 g/mol. The first-order chi connectivity index (χ1) is 12.6. The molecule has 0 atom stereocenters. The van der Waals surface area contributed by atoms with Crippen LogP contribution >= 0.6 is 0 Å². The standard InChI is InChI=1S/C19H19FN4O2/c1-23(11-15-5-3-2-4-6-15)19(25)26-14-18-13-24(22-21-18)12-16-7-9-17(20)10-8-16/h2-10,13H,11-12,14H2,1H3. The Morgan fingerprint density at radius 2 is 1.85 bits per heavy atom. The number of aromatic nitrogens is 3. The summed E-state index contributed by atoms with van der Waals surface area (Å²) in [4.78, 5) is 13.6. The summed E-state index contributed by atoms with van der Waals surface area (Å²) in [7, 11) is 1.68. The Morgan fingerprint density at radius 3 is 2.58 bits per heavy atom. The van der Waals surface area contributed by atoms with Gasteiger partial charge < -0.3 is 9.64 Å². The fraction of sp³-hybridized carbons (Fsp3) is 0.211. The Bertz CT molecular complexity index is 849. The lowest BCUT2D eigenvalue weighted by molar-refractivity contribution is 0.101. The molecule has 1 amide bonds. The van der Waals surface area contributed by atoms with E-state index in [1.54, 1.807) is 30.1 Å². The van der Waals surface area contributed by atoms with Crippen molar-refractivity contribution in [3.8, 4) is 0 Å². The summed E-state index contributed by atoms with van der Waals surface area (Å²) in [5.41, 5.74) is 2.48. The van der Waals surface area contributed by atoms with Gasteiger partial charge in [0, 0.05) is 13.6 Å². The van der Waals surface area contributed by atoms with Crippen molar-refractivity contribution in [3.05, 3.63) is 83.4 Å². The van der Waals surface area contributed by atoms with Gasteiger partial charge in [0.15, 0.2) is 0 Å². The summed E-state index contributed by atoms with van der Waals surface area (Å²) in [5.74, 6) is -0.278. The quantitative estimate of drug-likeness (QED) is 0.682. The van der Waals surface area contributed by atoms with Gasteiger partial charge in [-0.25, -0.2) is 13.9 Å². The molecule has 0 spiro atoms. The number of carbonyl (C=O) groups is 1. The van der Waals surface area contributed by atoms with Crippen molar-refractivity contribution in [2.45, 2.75) is 19.7 Å². The lowest BCUT2D eigenvalue weighted by Crippen LogP contribution is -2.26. The van der Waals surface area contributed by atoms with Crippen LogP contribution in [0.25, 0.3) is 0 Å². The molecule has 0 radical (unpaired) electrons. The number of ether oxygens (including phenoxy) is 1. The zero-order valence-electron chi connectivity index (χ0n) is 14.4. The molecular weight excluding hydrogens is 335 g/mol. The topological polar surface area (TPSA) is 60.2 Å². The molecular formula is C19H19FN4O2. The summed E-state index contributed by atoms with van der Waals surface area (Å²) in [5, 5.41) is 7.98. The molecule has 0 aliphatic heterocycles. The van der Waals surface area contributed by atoms with Gasteiger partial charge in [-0.15, -0.1) is 5.10 Å². The third-order valence-corrected chi connectivity index (χ3v) is 3.76. The molecule has 0 N–H and O–H groups in total. The molecule has 0 saturated heterocycles. The minimum absolute atomic E-state index is 0.0430. The Labute approximate surface area is 150 Å². The minimum Gasteiger partial charge on any atom is -0.443 e. The third kappa shape index (κ3) is 4.89. The van der Waals surface area contributed by atoms with Gasteiger partial charge in [0.1, 0.15) is 18.1 Å². The van der Waals surface area contributed by atoms with Crippen LogP contribution in [0.4, 0.5) is 9.18 Å². The Balaban J connectivity index is 1.49. The maximum absolute atomic E-state index is 12.9. The third-order valence-electron chi connectivity index (χ3n) is 3.76. The summed E-state index contributed by atoms with van der Waals surface area (Å²) in [6, 6.07) is 15.9. The van der Waals surface area contributed by atoms with E-state index >= 15 is 0 Å². The maximum atomic E-state index is 12.9. The number of benzene rings is 2. The fourth-order valence-corrected chi connectivity index (χ4v) is 2.43. The average Bonchev–Trinajstić information content (AvgIpc) is 3.10. The molecule has 0 aliphatic carbocycles. The maximum Gasteiger partial charge on any atom is 0.410 e. The van der Waals surface area contributed by atoms with Gasteiger partial charge in [-0.2, -0.15) is 0 Å². The molecule has 0 aliphatic rings. The smallest absolute Gasteiger partial charge is 0.410 e. The summed E-state index contributed by atoms with van der Waals surface area (Å²) in [6.45, 7) is 0.980.